The Labute approximate surface area is 109 Å². The maximum atomic E-state index is 12.1. The minimum Gasteiger partial charge on any atom is -0.341 e. The molecule has 3 rings (SSSR count). The van der Waals surface area contributed by atoms with E-state index < -0.39 is 5.54 Å². The van der Waals surface area contributed by atoms with Crippen LogP contribution in [0.15, 0.2) is 0 Å². The Kier molecular flexibility index (Phi) is 3.32. The number of likely N-dealkylation sites (tertiary alicyclic amines) is 2. The molecule has 4 nitrogen and oxygen atoms in total. The van der Waals surface area contributed by atoms with Gasteiger partial charge in [0.1, 0.15) is 0 Å². The van der Waals surface area contributed by atoms with Crippen LogP contribution in [0.4, 0.5) is 0 Å². The van der Waals surface area contributed by atoms with Gasteiger partial charge < -0.3 is 15.5 Å². The van der Waals surface area contributed by atoms with Gasteiger partial charge in [-0.25, -0.2) is 0 Å². The second-order valence-corrected chi connectivity index (χ2v) is 6.40. The second kappa shape index (κ2) is 4.82. The average Bonchev–Trinajstić information content (AvgIpc) is 2.93. The van der Waals surface area contributed by atoms with Crippen LogP contribution in [0.5, 0.6) is 0 Å². The van der Waals surface area contributed by atoms with Crippen LogP contribution in [0.25, 0.3) is 0 Å². The number of piperidine rings is 1. The third-order valence-corrected chi connectivity index (χ3v) is 4.83. The summed E-state index contributed by atoms with van der Waals surface area (Å²) < 4.78 is 0. The number of hydrogen-bond donors (Lipinski definition) is 1. The fraction of sp³-hybridized carbons (Fsp3) is 0.929. The molecule has 0 radical (unpaired) electrons. The lowest BCUT2D eigenvalue weighted by Crippen LogP contribution is -2.49. The molecule has 1 aliphatic carbocycles. The zero-order chi connectivity index (χ0) is 12.6. The van der Waals surface area contributed by atoms with Crippen LogP contribution in [-0.4, -0.2) is 54.0 Å². The molecular formula is C14H25N3O. The van der Waals surface area contributed by atoms with Crippen molar-refractivity contribution >= 4 is 5.91 Å². The number of rotatable bonds is 3. The third kappa shape index (κ3) is 2.54. The monoisotopic (exact) mass is 251 g/mol. The van der Waals surface area contributed by atoms with Gasteiger partial charge in [-0.3, -0.25) is 4.79 Å². The van der Waals surface area contributed by atoms with Gasteiger partial charge in [-0.15, -0.1) is 0 Å². The lowest BCUT2D eigenvalue weighted by Gasteiger charge is -2.35. The molecule has 0 aromatic rings. The highest BCUT2D eigenvalue weighted by Crippen LogP contribution is 2.35. The number of carbonyl (C=O) groups excluding carboxylic acids is 1. The molecule has 0 aromatic carbocycles. The van der Waals surface area contributed by atoms with Crippen LogP contribution < -0.4 is 5.73 Å². The van der Waals surface area contributed by atoms with Crippen molar-refractivity contribution in [2.75, 3.05) is 32.7 Å². The van der Waals surface area contributed by atoms with Crippen LogP contribution in [0.3, 0.4) is 0 Å². The van der Waals surface area contributed by atoms with E-state index in [0.29, 0.717) is 0 Å². The second-order valence-electron chi connectivity index (χ2n) is 6.40. The van der Waals surface area contributed by atoms with E-state index in [0.717, 1.165) is 31.8 Å². The predicted molar refractivity (Wildman–Crippen MR) is 71.1 cm³/mol. The summed E-state index contributed by atoms with van der Waals surface area (Å²) in [5.41, 5.74) is 5.52. The number of hydrogen-bond acceptors (Lipinski definition) is 3. The SMILES string of the molecule is NC1(C(=O)N2CCC(CN3CCCC3)CC2)CC1. The summed E-state index contributed by atoms with van der Waals surface area (Å²) in [7, 11) is 0. The van der Waals surface area contributed by atoms with Crippen LogP contribution >= 0.6 is 0 Å². The molecule has 0 unspecified atom stereocenters. The van der Waals surface area contributed by atoms with Crippen molar-refractivity contribution in [3.63, 3.8) is 0 Å². The Balaban J connectivity index is 1.44. The molecule has 1 amide bonds. The minimum absolute atomic E-state index is 0.210. The van der Waals surface area contributed by atoms with Crippen molar-refractivity contribution in [1.29, 1.82) is 0 Å². The van der Waals surface area contributed by atoms with Gasteiger partial charge >= 0.3 is 0 Å². The summed E-state index contributed by atoms with van der Waals surface area (Å²) in [6.45, 7) is 5.67. The summed E-state index contributed by atoms with van der Waals surface area (Å²) in [6.07, 6.45) is 6.84. The molecule has 2 heterocycles. The third-order valence-electron chi connectivity index (χ3n) is 4.83. The molecule has 4 heteroatoms. The number of carbonyl (C=O) groups is 1. The van der Waals surface area contributed by atoms with Gasteiger partial charge in [0.05, 0.1) is 5.54 Å². The molecule has 2 aliphatic heterocycles. The molecule has 1 saturated carbocycles. The Hall–Kier alpha value is -0.610. The number of amides is 1. The summed E-state index contributed by atoms with van der Waals surface area (Å²) in [5.74, 6) is 1.00. The zero-order valence-corrected chi connectivity index (χ0v) is 11.2. The van der Waals surface area contributed by atoms with E-state index in [9.17, 15) is 4.79 Å². The Bertz CT molecular complexity index is 313. The molecule has 3 fully saturated rings. The zero-order valence-electron chi connectivity index (χ0n) is 11.2. The first-order chi connectivity index (χ1) is 8.67. The number of nitrogens with zero attached hydrogens (tertiary/aromatic N) is 2. The summed E-state index contributed by atoms with van der Waals surface area (Å²) >= 11 is 0. The molecule has 0 bridgehead atoms. The van der Waals surface area contributed by atoms with E-state index in [1.165, 1.54) is 45.3 Å². The smallest absolute Gasteiger partial charge is 0.242 e. The Morgan fingerprint density at radius 3 is 2.28 bits per heavy atom. The highest BCUT2D eigenvalue weighted by atomic mass is 16.2. The van der Waals surface area contributed by atoms with Crippen molar-refractivity contribution in [2.45, 2.75) is 44.1 Å². The molecule has 3 aliphatic rings. The van der Waals surface area contributed by atoms with Crippen molar-refractivity contribution < 1.29 is 4.79 Å². The lowest BCUT2D eigenvalue weighted by atomic mass is 9.95. The average molecular weight is 251 g/mol. The molecule has 2 saturated heterocycles. The van der Waals surface area contributed by atoms with Crippen LogP contribution in [0.1, 0.15) is 38.5 Å². The van der Waals surface area contributed by atoms with E-state index in [4.69, 9.17) is 5.73 Å². The van der Waals surface area contributed by atoms with Gasteiger partial charge in [0.25, 0.3) is 0 Å². The minimum atomic E-state index is -0.470. The molecule has 0 spiro atoms. The molecule has 18 heavy (non-hydrogen) atoms. The quantitative estimate of drug-likeness (QED) is 0.807. The van der Waals surface area contributed by atoms with E-state index in [1.807, 2.05) is 4.90 Å². The Morgan fingerprint density at radius 2 is 1.72 bits per heavy atom. The van der Waals surface area contributed by atoms with Crippen LogP contribution in [0.2, 0.25) is 0 Å². The van der Waals surface area contributed by atoms with Gasteiger partial charge in [-0.1, -0.05) is 0 Å². The topological polar surface area (TPSA) is 49.6 Å². The summed E-state index contributed by atoms with van der Waals surface area (Å²) in [5, 5.41) is 0. The largest absolute Gasteiger partial charge is 0.341 e. The molecular weight excluding hydrogens is 226 g/mol. The van der Waals surface area contributed by atoms with E-state index in [2.05, 4.69) is 4.90 Å². The van der Waals surface area contributed by atoms with Crippen molar-refractivity contribution in [3.8, 4) is 0 Å². The number of nitrogens with two attached hydrogens (primary N) is 1. The molecule has 0 aromatic heterocycles. The first-order valence-corrected chi connectivity index (χ1v) is 7.48. The van der Waals surface area contributed by atoms with E-state index >= 15 is 0 Å². The van der Waals surface area contributed by atoms with Gasteiger partial charge in [0.2, 0.25) is 5.91 Å². The highest BCUT2D eigenvalue weighted by molar-refractivity contribution is 5.89. The first kappa shape index (κ1) is 12.4. The maximum Gasteiger partial charge on any atom is 0.242 e. The van der Waals surface area contributed by atoms with Gasteiger partial charge in [0, 0.05) is 19.6 Å². The molecule has 102 valence electrons. The van der Waals surface area contributed by atoms with Crippen molar-refractivity contribution in [3.05, 3.63) is 0 Å². The fourth-order valence-electron chi connectivity index (χ4n) is 3.31. The van der Waals surface area contributed by atoms with Crippen LogP contribution in [0, 0.1) is 5.92 Å². The highest BCUT2D eigenvalue weighted by Gasteiger charge is 2.48. The van der Waals surface area contributed by atoms with E-state index in [-0.39, 0.29) is 5.91 Å². The lowest BCUT2D eigenvalue weighted by molar-refractivity contribution is -0.135. The first-order valence-electron chi connectivity index (χ1n) is 7.48. The maximum absolute atomic E-state index is 12.1. The summed E-state index contributed by atoms with van der Waals surface area (Å²) in [6, 6.07) is 0. The van der Waals surface area contributed by atoms with Gasteiger partial charge in [-0.05, 0) is 57.5 Å². The van der Waals surface area contributed by atoms with E-state index in [1.54, 1.807) is 0 Å². The molecule has 0 atom stereocenters. The summed E-state index contributed by atoms with van der Waals surface area (Å²) in [4.78, 5) is 16.7. The fourth-order valence-corrected chi connectivity index (χ4v) is 3.31. The Morgan fingerprint density at radius 1 is 1.11 bits per heavy atom. The van der Waals surface area contributed by atoms with Gasteiger partial charge in [0.15, 0.2) is 0 Å². The van der Waals surface area contributed by atoms with Crippen LogP contribution in [-0.2, 0) is 4.79 Å². The van der Waals surface area contributed by atoms with Crippen molar-refractivity contribution in [2.24, 2.45) is 11.7 Å². The molecule has 2 N–H and O–H groups in total. The predicted octanol–water partition coefficient (Wildman–Crippen LogP) is 0.812. The standard InChI is InChI=1S/C14H25N3O/c15-14(5-6-14)13(18)17-9-3-12(4-10-17)11-16-7-1-2-8-16/h12H,1-11,15H2. The normalized spacial score (nSPS) is 28.6. The van der Waals surface area contributed by atoms with Crippen molar-refractivity contribution in [1.82, 2.24) is 9.80 Å². The van der Waals surface area contributed by atoms with Gasteiger partial charge in [-0.2, -0.15) is 0 Å².